The van der Waals surface area contributed by atoms with Crippen LogP contribution in [0.15, 0.2) is 55.0 Å². The topological polar surface area (TPSA) is 62.1 Å². The van der Waals surface area contributed by atoms with E-state index < -0.39 is 18.3 Å². The van der Waals surface area contributed by atoms with Gasteiger partial charge in [0.1, 0.15) is 0 Å². The summed E-state index contributed by atoms with van der Waals surface area (Å²) in [5.74, 6) is 0.705. The van der Waals surface area contributed by atoms with Crippen LogP contribution in [-0.4, -0.2) is 37.8 Å². The monoisotopic (exact) mass is 372 g/mol. The predicted octanol–water partition coefficient (Wildman–Crippen LogP) is 3.22. The molecule has 4 heterocycles. The van der Waals surface area contributed by atoms with Gasteiger partial charge in [-0.05, 0) is 45.9 Å². The molecule has 1 saturated heterocycles. The van der Waals surface area contributed by atoms with Crippen molar-refractivity contribution in [2.45, 2.75) is 38.9 Å². The summed E-state index contributed by atoms with van der Waals surface area (Å²) in [6, 6.07) is 12.1. The summed E-state index contributed by atoms with van der Waals surface area (Å²) in [6.45, 7) is 8.12. The van der Waals surface area contributed by atoms with Crippen molar-refractivity contribution in [3.63, 3.8) is 0 Å². The fourth-order valence-corrected chi connectivity index (χ4v) is 3.51. The molecule has 28 heavy (non-hydrogen) atoms. The summed E-state index contributed by atoms with van der Waals surface area (Å²) in [7, 11) is -0.549. The molecule has 0 radical (unpaired) electrons. The third kappa shape index (κ3) is 2.54. The van der Waals surface area contributed by atoms with Gasteiger partial charge in [0.25, 0.3) is 0 Å². The van der Waals surface area contributed by atoms with Crippen molar-refractivity contribution in [2.75, 3.05) is 0 Å². The van der Waals surface area contributed by atoms with E-state index in [4.69, 9.17) is 19.3 Å². The highest BCUT2D eigenvalue weighted by molar-refractivity contribution is 6.61. The minimum atomic E-state index is -0.549. The van der Waals surface area contributed by atoms with Gasteiger partial charge in [0.15, 0.2) is 5.82 Å². The highest BCUT2D eigenvalue weighted by Crippen LogP contribution is 2.36. The lowest BCUT2D eigenvalue weighted by atomic mass is 9.85. The molecule has 1 aromatic heterocycles. The van der Waals surface area contributed by atoms with Crippen molar-refractivity contribution in [3.05, 3.63) is 55.0 Å². The number of nitrogens with zero attached hydrogens (tertiary/aromatic N) is 4. The van der Waals surface area contributed by atoms with Crippen molar-refractivity contribution in [1.29, 1.82) is 0 Å². The summed E-state index contributed by atoms with van der Waals surface area (Å²) in [4.78, 5) is 13.9. The third-order valence-electron chi connectivity index (χ3n) is 5.75. The molecule has 7 heteroatoms. The van der Waals surface area contributed by atoms with Crippen molar-refractivity contribution in [1.82, 2.24) is 19.5 Å². The normalized spacial score (nSPS) is 18.2. The molecule has 0 unspecified atom stereocenters. The first-order valence-electron chi connectivity index (χ1n) is 9.39. The van der Waals surface area contributed by atoms with E-state index in [0.717, 1.165) is 22.3 Å². The van der Waals surface area contributed by atoms with E-state index >= 15 is 0 Å². The van der Waals surface area contributed by atoms with Crippen LogP contribution in [0.2, 0.25) is 0 Å². The molecule has 0 spiro atoms. The third-order valence-corrected chi connectivity index (χ3v) is 5.75. The number of benzene rings is 1. The molecule has 0 N–H and O–H groups in total. The van der Waals surface area contributed by atoms with Crippen LogP contribution in [0.25, 0.3) is 28.1 Å². The molecule has 0 bridgehead atoms. The molecule has 6 nitrogen and oxygen atoms in total. The molecule has 140 valence electrons. The van der Waals surface area contributed by atoms with Crippen molar-refractivity contribution in [2.24, 2.45) is 0 Å². The van der Waals surface area contributed by atoms with Crippen LogP contribution >= 0.6 is 0 Å². The highest BCUT2D eigenvalue weighted by Gasteiger charge is 2.52. The molecule has 0 aliphatic carbocycles. The van der Waals surface area contributed by atoms with Crippen molar-refractivity contribution in [3.8, 4) is 17.2 Å². The second-order valence-electron chi connectivity index (χ2n) is 8.13. The van der Waals surface area contributed by atoms with Gasteiger partial charge in [0.05, 0.1) is 39.9 Å². The van der Waals surface area contributed by atoms with Crippen LogP contribution in [0.5, 0.6) is 0 Å². The van der Waals surface area contributed by atoms with Gasteiger partial charge >= 0.3 is 7.12 Å². The number of rotatable bonds is 2. The fourth-order valence-electron chi connectivity index (χ4n) is 3.51. The van der Waals surface area contributed by atoms with Crippen molar-refractivity contribution < 1.29 is 9.31 Å². The van der Waals surface area contributed by atoms with Gasteiger partial charge in [-0.15, -0.1) is 0 Å². The molecule has 0 saturated carbocycles. The Hall–Kier alpha value is -2.77. The zero-order valence-electron chi connectivity index (χ0n) is 16.4. The summed E-state index contributed by atoms with van der Waals surface area (Å²) in [5.41, 5.74) is 2.71. The summed E-state index contributed by atoms with van der Waals surface area (Å²) < 4.78 is 14.3. The lowest BCUT2D eigenvalue weighted by Gasteiger charge is -2.32. The number of hydrogen-bond acceptors (Lipinski definition) is 5. The van der Waals surface area contributed by atoms with E-state index in [9.17, 15) is 0 Å². The largest absolute Gasteiger partial charge is 0.516 e. The Morgan fingerprint density at radius 2 is 1.64 bits per heavy atom. The van der Waals surface area contributed by atoms with Crippen LogP contribution in [0.3, 0.4) is 0 Å². The maximum absolute atomic E-state index is 6.14. The Balaban J connectivity index is 1.62. The Morgan fingerprint density at radius 1 is 0.893 bits per heavy atom. The Bertz CT molecular complexity index is 1140. The Labute approximate surface area is 164 Å². The smallest absolute Gasteiger partial charge is 0.398 e. The van der Waals surface area contributed by atoms with Crippen LogP contribution < -0.4 is 5.59 Å². The molecule has 3 aliphatic rings. The first-order valence-corrected chi connectivity index (χ1v) is 9.39. The van der Waals surface area contributed by atoms with Gasteiger partial charge in [0, 0.05) is 17.8 Å². The van der Waals surface area contributed by atoms with E-state index in [1.807, 2.05) is 68.8 Å². The Morgan fingerprint density at radius 3 is 2.43 bits per heavy atom. The minimum Gasteiger partial charge on any atom is -0.398 e. The minimum absolute atomic E-state index is 0.422. The molecule has 0 atom stereocenters. The van der Waals surface area contributed by atoms with E-state index in [-0.39, 0.29) is 0 Å². The van der Waals surface area contributed by atoms with Gasteiger partial charge in [-0.3, -0.25) is 9.55 Å². The highest BCUT2D eigenvalue weighted by atomic mass is 16.7. The van der Waals surface area contributed by atoms with Crippen LogP contribution in [-0.2, 0) is 9.31 Å². The molecule has 5 rings (SSSR count). The molecule has 2 aromatic rings. The zero-order valence-corrected chi connectivity index (χ0v) is 16.4. The molecule has 1 fully saturated rings. The first kappa shape index (κ1) is 17.3. The van der Waals surface area contributed by atoms with E-state index in [2.05, 4.69) is 11.1 Å². The molecule has 0 amide bonds. The van der Waals surface area contributed by atoms with E-state index in [1.165, 1.54) is 0 Å². The van der Waals surface area contributed by atoms with Gasteiger partial charge in [-0.2, -0.15) is 0 Å². The number of hydrogen-bond donors (Lipinski definition) is 0. The van der Waals surface area contributed by atoms with Crippen molar-refractivity contribution >= 4 is 23.6 Å². The molecular formula is C21H21BN4O2. The summed E-state index contributed by atoms with van der Waals surface area (Å²) in [6.07, 6.45) is 5.43. The number of pyridine rings is 1. The quantitative estimate of drug-likeness (QED) is 0.506. The number of aromatic nitrogens is 4. The predicted molar refractivity (Wildman–Crippen MR) is 109 cm³/mol. The van der Waals surface area contributed by atoms with E-state index in [0.29, 0.717) is 11.4 Å². The maximum atomic E-state index is 6.14. The molecule has 3 aliphatic heterocycles. The summed E-state index contributed by atoms with van der Waals surface area (Å²) >= 11 is 0. The first-order chi connectivity index (χ1) is 13.4. The van der Waals surface area contributed by atoms with Crippen LogP contribution in [0.1, 0.15) is 27.7 Å². The van der Waals surface area contributed by atoms with Crippen LogP contribution in [0, 0.1) is 0 Å². The lowest BCUT2D eigenvalue weighted by Crippen LogP contribution is -2.41. The zero-order chi connectivity index (χ0) is 19.5. The SMILES string of the molecule is CC1(C)OB(c2cncc(-n3cccc4nc5ccccc5c3-4)n2)OC1(C)C. The second kappa shape index (κ2) is 5.86. The fraction of sp³-hybridized carbons (Fsp3) is 0.286. The average Bonchev–Trinajstić information content (AvgIpc) is 3.15. The number of fused-ring (bicyclic) bond motifs is 3. The molecule has 1 aromatic carbocycles. The molecular weight excluding hydrogens is 351 g/mol. The average molecular weight is 372 g/mol. The lowest BCUT2D eigenvalue weighted by molar-refractivity contribution is 0.00578. The van der Waals surface area contributed by atoms with Gasteiger partial charge in [-0.25, -0.2) is 9.97 Å². The van der Waals surface area contributed by atoms with Gasteiger partial charge in [0.2, 0.25) is 0 Å². The summed E-state index contributed by atoms with van der Waals surface area (Å²) in [5, 5.41) is 1.08. The second-order valence-corrected chi connectivity index (χ2v) is 8.13. The number of para-hydroxylation sites is 1. The van der Waals surface area contributed by atoms with E-state index in [1.54, 1.807) is 12.4 Å². The van der Waals surface area contributed by atoms with Crippen LogP contribution in [0.4, 0.5) is 0 Å². The maximum Gasteiger partial charge on any atom is 0.516 e. The Kier molecular flexibility index (Phi) is 3.63. The van der Waals surface area contributed by atoms with Gasteiger partial charge < -0.3 is 9.31 Å². The van der Waals surface area contributed by atoms with Gasteiger partial charge in [-0.1, -0.05) is 18.2 Å². The standard InChI is InChI=1S/C21H21BN4O2/c1-20(2)21(3,4)28-22(27-20)17-12-23-13-18(25-17)26-11-7-10-16-19(26)14-8-5-6-9-15(14)24-16/h5-13H,1-4H3.